The number of benzene rings is 1. The Morgan fingerprint density at radius 3 is 2.70 bits per heavy atom. The van der Waals surface area contributed by atoms with Crippen molar-refractivity contribution in [1.82, 2.24) is 25.1 Å². The fourth-order valence-corrected chi connectivity index (χ4v) is 3.00. The van der Waals surface area contributed by atoms with Gasteiger partial charge in [-0.05, 0) is 36.8 Å². The topological polar surface area (TPSA) is 72.7 Å². The zero-order chi connectivity index (χ0) is 18.5. The number of carbonyl (C=O) groups is 1. The molecular formula is C21H19N5O. The molecule has 3 heterocycles. The van der Waals surface area contributed by atoms with Gasteiger partial charge in [0, 0.05) is 48.8 Å². The summed E-state index contributed by atoms with van der Waals surface area (Å²) < 4.78 is 1.86. The number of aromatic nitrogens is 4. The third-order valence-electron chi connectivity index (χ3n) is 4.35. The summed E-state index contributed by atoms with van der Waals surface area (Å²) in [6.45, 7) is 1.35. The second-order valence-electron chi connectivity index (χ2n) is 6.19. The molecule has 134 valence electrons. The summed E-state index contributed by atoms with van der Waals surface area (Å²) in [7, 11) is 0. The molecule has 0 bridgehead atoms. The Morgan fingerprint density at radius 1 is 1.04 bits per heavy atom. The minimum atomic E-state index is -0.0932. The Hall–Kier alpha value is -3.54. The maximum atomic E-state index is 12.8. The summed E-state index contributed by atoms with van der Waals surface area (Å²) in [5.41, 5.74) is 3.13. The van der Waals surface area contributed by atoms with Crippen LogP contribution in [0.3, 0.4) is 0 Å². The van der Waals surface area contributed by atoms with E-state index in [9.17, 15) is 4.79 Å². The van der Waals surface area contributed by atoms with E-state index in [0.29, 0.717) is 12.1 Å². The fourth-order valence-electron chi connectivity index (χ4n) is 3.00. The first-order valence-corrected chi connectivity index (χ1v) is 8.87. The van der Waals surface area contributed by atoms with Gasteiger partial charge in [-0.15, -0.1) is 0 Å². The first-order chi connectivity index (χ1) is 13.3. The number of hydrogen-bond donors (Lipinski definition) is 1. The number of fused-ring (bicyclic) bond motifs is 1. The normalized spacial score (nSPS) is 10.8. The summed E-state index contributed by atoms with van der Waals surface area (Å²) >= 11 is 0. The highest BCUT2D eigenvalue weighted by atomic mass is 16.1. The number of amides is 1. The molecule has 1 N–H and O–H groups in total. The zero-order valence-electron chi connectivity index (χ0n) is 14.7. The van der Waals surface area contributed by atoms with Gasteiger partial charge in [0.2, 0.25) is 0 Å². The van der Waals surface area contributed by atoms with Gasteiger partial charge in [0.1, 0.15) is 0 Å². The number of nitrogens with zero attached hydrogens (tertiary/aromatic N) is 4. The lowest BCUT2D eigenvalue weighted by Gasteiger charge is -2.11. The smallest absolute Gasteiger partial charge is 0.252 e. The van der Waals surface area contributed by atoms with Gasteiger partial charge in [-0.2, -0.15) is 5.10 Å². The molecule has 0 aliphatic heterocycles. The molecule has 0 spiro atoms. The first-order valence-electron chi connectivity index (χ1n) is 8.87. The molecule has 3 aromatic heterocycles. The van der Waals surface area contributed by atoms with E-state index in [2.05, 4.69) is 15.4 Å². The second kappa shape index (κ2) is 7.78. The van der Waals surface area contributed by atoms with E-state index < -0.39 is 0 Å². The van der Waals surface area contributed by atoms with Gasteiger partial charge in [0.25, 0.3) is 5.91 Å². The lowest BCUT2D eigenvalue weighted by molar-refractivity contribution is 0.0954. The van der Waals surface area contributed by atoms with E-state index in [-0.39, 0.29) is 5.91 Å². The van der Waals surface area contributed by atoms with Gasteiger partial charge >= 0.3 is 0 Å². The molecule has 1 amide bonds. The summed E-state index contributed by atoms with van der Waals surface area (Å²) in [5.74, 6) is -0.0932. The largest absolute Gasteiger partial charge is 0.352 e. The van der Waals surface area contributed by atoms with E-state index in [0.717, 1.165) is 35.1 Å². The van der Waals surface area contributed by atoms with Crippen LogP contribution in [0.15, 0.2) is 73.3 Å². The second-order valence-corrected chi connectivity index (χ2v) is 6.19. The van der Waals surface area contributed by atoms with Crippen LogP contribution in [0.2, 0.25) is 0 Å². The summed E-state index contributed by atoms with van der Waals surface area (Å²) in [6.07, 6.45) is 7.93. The predicted molar refractivity (Wildman–Crippen MR) is 104 cm³/mol. The highest BCUT2D eigenvalue weighted by Gasteiger charge is 2.13. The minimum absolute atomic E-state index is 0.0932. The van der Waals surface area contributed by atoms with Crippen molar-refractivity contribution in [3.05, 3.63) is 78.9 Å². The summed E-state index contributed by atoms with van der Waals surface area (Å²) in [4.78, 5) is 21.6. The number of rotatable bonds is 6. The molecule has 0 radical (unpaired) electrons. The number of nitrogens with one attached hydrogen (secondary N) is 1. The minimum Gasteiger partial charge on any atom is -0.352 e. The van der Waals surface area contributed by atoms with Crippen LogP contribution < -0.4 is 5.32 Å². The SMILES string of the molecule is O=C(NCCCn1cccn1)c1cc(-c2ccncc2)nc2ccccc12. The quantitative estimate of drug-likeness (QED) is 0.537. The van der Waals surface area contributed by atoms with Gasteiger partial charge < -0.3 is 5.32 Å². The van der Waals surface area contributed by atoms with E-state index in [1.165, 1.54) is 0 Å². The van der Waals surface area contributed by atoms with Crippen LogP contribution in [-0.4, -0.2) is 32.2 Å². The van der Waals surface area contributed by atoms with Gasteiger partial charge in [-0.25, -0.2) is 4.98 Å². The van der Waals surface area contributed by atoms with Crippen LogP contribution in [-0.2, 0) is 6.54 Å². The molecule has 4 aromatic rings. The lowest BCUT2D eigenvalue weighted by Crippen LogP contribution is -2.25. The first kappa shape index (κ1) is 16.9. The van der Waals surface area contributed by atoms with Crippen LogP contribution in [0.25, 0.3) is 22.2 Å². The number of hydrogen-bond acceptors (Lipinski definition) is 4. The third kappa shape index (κ3) is 3.84. The molecule has 1 aromatic carbocycles. The highest BCUT2D eigenvalue weighted by Crippen LogP contribution is 2.24. The lowest BCUT2D eigenvalue weighted by atomic mass is 10.0. The molecule has 0 saturated heterocycles. The van der Waals surface area contributed by atoms with Crippen LogP contribution in [0.5, 0.6) is 0 Å². The van der Waals surface area contributed by atoms with E-state index in [1.54, 1.807) is 18.6 Å². The molecular weight excluding hydrogens is 338 g/mol. The van der Waals surface area contributed by atoms with Crippen molar-refractivity contribution in [3.63, 3.8) is 0 Å². The molecule has 6 heteroatoms. The van der Waals surface area contributed by atoms with E-state index in [1.807, 2.05) is 59.4 Å². The monoisotopic (exact) mass is 357 g/mol. The van der Waals surface area contributed by atoms with Crippen molar-refractivity contribution in [2.45, 2.75) is 13.0 Å². The molecule has 0 aliphatic rings. The Kier molecular flexibility index (Phi) is 4.87. The van der Waals surface area contributed by atoms with Gasteiger partial charge in [-0.1, -0.05) is 18.2 Å². The predicted octanol–water partition coefficient (Wildman–Crippen LogP) is 3.31. The molecule has 0 aliphatic carbocycles. The number of aryl methyl sites for hydroxylation is 1. The maximum Gasteiger partial charge on any atom is 0.252 e. The average Bonchev–Trinajstić information content (AvgIpc) is 3.24. The van der Waals surface area contributed by atoms with Gasteiger partial charge in [0.15, 0.2) is 0 Å². The van der Waals surface area contributed by atoms with Crippen molar-refractivity contribution in [3.8, 4) is 11.3 Å². The Labute approximate surface area is 156 Å². The molecule has 4 rings (SSSR count). The number of pyridine rings is 2. The highest BCUT2D eigenvalue weighted by molar-refractivity contribution is 6.07. The molecule has 0 unspecified atom stereocenters. The standard InChI is InChI=1S/C21H19N5O/c27-21(23-9-3-13-26-14-4-10-24-26)18-15-20(16-7-11-22-12-8-16)25-19-6-2-1-5-17(18)19/h1-2,4-8,10-12,14-15H,3,9,13H2,(H,23,27). The summed E-state index contributed by atoms with van der Waals surface area (Å²) in [5, 5.41) is 8.03. The molecule has 0 saturated carbocycles. The van der Waals surface area contributed by atoms with Crippen LogP contribution in [0, 0.1) is 0 Å². The zero-order valence-corrected chi connectivity index (χ0v) is 14.7. The number of carbonyl (C=O) groups excluding carboxylic acids is 1. The van der Waals surface area contributed by atoms with Crippen LogP contribution >= 0.6 is 0 Å². The molecule has 0 fully saturated rings. The van der Waals surface area contributed by atoms with Crippen molar-refractivity contribution in [2.75, 3.05) is 6.54 Å². The average molecular weight is 357 g/mol. The van der Waals surface area contributed by atoms with Gasteiger partial charge in [0.05, 0.1) is 16.8 Å². The fraction of sp³-hybridized carbons (Fsp3) is 0.143. The van der Waals surface area contributed by atoms with Gasteiger partial charge in [-0.3, -0.25) is 14.5 Å². The molecule has 0 atom stereocenters. The van der Waals surface area contributed by atoms with E-state index in [4.69, 9.17) is 4.98 Å². The summed E-state index contributed by atoms with van der Waals surface area (Å²) in [6, 6.07) is 15.2. The maximum absolute atomic E-state index is 12.8. The third-order valence-corrected chi connectivity index (χ3v) is 4.35. The molecule has 6 nitrogen and oxygen atoms in total. The van der Waals surface area contributed by atoms with E-state index >= 15 is 0 Å². The van der Waals surface area contributed by atoms with Crippen LogP contribution in [0.4, 0.5) is 0 Å². The number of para-hydroxylation sites is 1. The van der Waals surface area contributed by atoms with Crippen molar-refractivity contribution >= 4 is 16.8 Å². The Balaban J connectivity index is 1.56. The Morgan fingerprint density at radius 2 is 1.89 bits per heavy atom. The van der Waals surface area contributed by atoms with Crippen molar-refractivity contribution in [2.24, 2.45) is 0 Å². The van der Waals surface area contributed by atoms with Crippen LogP contribution in [0.1, 0.15) is 16.8 Å². The van der Waals surface area contributed by atoms with Crippen molar-refractivity contribution < 1.29 is 4.79 Å². The Bertz CT molecular complexity index is 1040. The molecule has 27 heavy (non-hydrogen) atoms. The van der Waals surface area contributed by atoms with Crippen molar-refractivity contribution in [1.29, 1.82) is 0 Å².